The molecule has 1 atom stereocenters. The lowest BCUT2D eigenvalue weighted by Gasteiger charge is -2.22. The van der Waals surface area contributed by atoms with Gasteiger partial charge in [0, 0.05) is 18.2 Å². The zero-order chi connectivity index (χ0) is 17.0. The standard InChI is InChI=1S/C15H16ClN3O4/c1-18(2)13(14-4-3-7-23-14)9-17-15(20)10-5-6-11(16)12(8-10)19(21)22/h3-8,13H,9H2,1-2H3,(H,17,20). The maximum absolute atomic E-state index is 12.2. The molecule has 1 heterocycles. The number of nitro benzene ring substituents is 1. The summed E-state index contributed by atoms with van der Waals surface area (Å²) in [6, 6.07) is 7.40. The van der Waals surface area contributed by atoms with Gasteiger partial charge in [-0.3, -0.25) is 19.8 Å². The van der Waals surface area contributed by atoms with Crippen molar-refractivity contribution in [2.75, 3.05) is 20.6 Å². The maximum atomic E-state index is 12.2. The number of nitro groups is 1. The molecule has 23 heavy (non-hydrogen) atoms. The van der Waals surface area contributed by atoms with E-state index in [2.05, 4.69) is 5.32 Å². The highest BCUT2D eigenvalue weighted by Crippen LogP contribution is 2.25. The minimum absolute atomic E-state index is 0.00620. The number of likely N-dealkylation sites (N-methyl/N-ethyl adjacent to an activating group) is 1. The fourth-order valence-electron chi connectivity index (χ4n) is 2.10. The summed E-state index contributed by atoms with van der Waals surface area (Å²) < 4.78 is 5.36. The topological polar surface area (TPSA) is 88.6 Å². The summed E-state index contributed by atoms with van der Waals surface area (Å²) in [6.07, 6.45) is 1.57. The van der Waals surface area contributed by atoms with Gasteiger partial charge in [0.2, 0.25) is 0 Å². The number of carbonyl (C=O) groups excluding carboxylic acids is 1. The molecule has 122 valence electrons. The number of nitrogens with zero attached hydrogens (tertiary/aromatic N) is 2. The van der Waals surface area contributed by atoms with E-state index >= 15 is 0 Å². The minimum Gasteiger partial charge on any atom is -0.468 e. The maximum Gasteiger partial charge on any atom is 0.288 e. The third kappa shape index (κ3) is 4.08. The number of carbonyl (C=O) groups is 1. The Labute approximate surface area is 138 Å². The van der Waals surface area contributed by atoms with Gasteiger partial charge in [-0.05, 0) is 38.4 Å². The lowest BCUT2D eigenvalue weighted by Crippen LogP contribution is -2.34. The van der Waals surface area contributed by atoms with Crippen LogP contribution < -0.4 is 5.32 Å². The number of rotatable bonds is 6. The largest absolute Gasteiger partial charge is 0.468 e. The summed E-state index contributed by atoms with van der Waals surface area (Å²) in [5, 5.41) is 13.6. The van der Waals surface area contributed by atoms with Gasteiger partial charge < -0.3 is 9.73 Å². The third-order valence-electron chi connectivity index (χ3n) is 3.36. The van der Waals surface area contributed by atoms with Gasteiger partial charge in [0.05, 0.1) is 17.2 Å². The molecule has 0 aliphatic heterocycles. The molecule has 1 amide bonds. The van der Waals surface area contributed by atoms with Crippen molar-refractivity contribution < 1.29 is 14.1 Å². The molecule has 7 nitrogen and oxygen atoms in total. The molecule has 0 bridgehead atoms. The summed E-state index contributed by atoms with van der Waals surface area (Å²) in [5.74, 6) is 0.306. The first-order chi connectivity index (χ1) is 10.9. The van der Waals surface area contributed by atoms with Crippen molar-refractivity contribution in [3.63, 3.8) is 0 Å². The zero-order valence-electron chi connectivity index (χ0n) is 12.7. The average molecular weight is 338 g/mol. The SMILES string of the molecule is CN(C)C(CNC(=O)c1ccc(Cl)c([N+](=O)[O-])c1)c1ccco1. The Bertz CT molecular complexity index is 701. The molecule has 1 N–H and O–H groups in total. The molecule has 0 spiro atoms. The Hall–Kier alpha value is -2.38. The summed E-state index contributed by atoms with van der Waals surface area (Å²) in [5.41, 5.74) is -0.118. The van der Waals surface area contributed by atoms with E-state index in [0.29, 0.717) is 6.54 Å². The van der Waals surface area contributed by atoms with Crippen LogP contribution in [-0.2, 0) is 0 Å². The molecule has 0 saturated heterocycles. The highest BCUT2D eigenvalue weighted by atomic mass is 35.5. The zero-order valence-corrected chi connectivity index (χ0v) is 13.4. The predicted octanol–water partition coefficient (Wildman–Crippen LogP) is 2.87. The van der Waals surface area contributed by atoms with Gasteiger partial charge in [-0.15, -0.1) is 0 Å². The van der Waals surface area contributed by atoms with Crippen molar-refractivity contribution in [3.8, 4) is 0 Å². The first-order valence-electron chi connectivity index (χ1n) is 6.82. The van der Waals surface area contributed by atoms with Gasteiger partial charge in [-0.2, -0.15) is 0 Å². The van der Waals surface area contributed by atoms with Crippen molar-refractivity contribution in [1.29, 1.82) is 0 Å². The normalized spacial score (nSPS) is 12.2. The number of hydrogen-bond donors (Lipinski definition) is 1. The number of nitrogens with one attached hydrogen (secondary N) is 1. The van der Waals surface area contributed by atoms with Crippen LogP contribution in [0.5, 0.6) is 0 Å². The molecule has 8 heteroatoms. The first kappa shape index (κ1) is 17.0. The Balaban J connectivity index is 2.10. The van der Waals surface area contributed by atoms with Crippen molar-refractivity contribution in [1.82, 2.24) is 10.2 Å². The molecule has 0 aliphatic rings. The van der Waals surface area contributed by atoms with E-state index in [1.165, 1.54) is 12.1 Å². The highest BCUT2D eigenvalue weighted by molar-refractivity contribution is 6.32. The quantitative estimate of drug-likeness (QED) is 0.646. The van der Waals surface area contributed by atoms with Gasteiger partial charge in [-0.1, -0.05) is 11.6 Å². The molecule has 0 saturated carbocycles. The highest BCUT2D eigenvalue weighted by Gasteiger charge is 2.20. The van der Waals surface area contributed by atoms with Crippen LogP contribution in [0.25, 0.3) is 0 Å². The van der Waals surface area contributed by atoms with Crippen molar-refractivity contribution in [2.45, 2.75) is 6.04 Å². The minimum atomic E-state index is -0.620. The number of amides is 1. The monoisotopic (exact) mass is 337 g/mol. The molecule has 1 aromatic heterocycles. The van der Waals surface area contributed by atoms with Gasteiger partial charge in [0.25, 0.3) is 11.6 Å². The smallest absolute Gasteiger partial charge is 0.288 e. The molecular formula is C15H16ClN3O4. The fourth-order valence-corrected chi connectivity index (χ4v) is 2.29. The van der Waals surface area contributed by atoms with Crippen LogP contribution in [0.4, 0.5) is 5.69 Å². The molecule has 2 aromatic rings. The van der Waals surface area contributed by atoms with Crippen LogP contribution in [0.1, 0.15) is 22.2 Å². The lowest BCUT2D eigenvalue weighted by molar-refractivity contribution is -0.384. The van der Waals surface area contributed by atoms with E-state index < -0.39 is 10.8 Å². The van der Waals surface area contributed by atoms with E-state index in [1.807, 2.05) is 25.1 Å². The second-order valence-electron chi connectivity index (χ2n) is 5.13. The Kier molecular flexibility index (Phi) is 5.36. The fraction of sp³-hybridized carbons (Fsp3) is 0.267. The average Bonchev–Trinajstić information content (AvgIpc) is 3.01. The second-order valence-corrected chi connectivity index (χ2v) is 5.54. The first-order valence-corrected chi connectivity index (χ1v) is 7.20. The number of furan rings is 1. The summed E-state index contributed by atoms with van der Waals surface area (Å²) in [7, 11) is 3.74. The van der Waals surface area contributed by atoms with Crippen LogP contribution in [0, 0.1) is 10.1 Å². The summed E-state index contributed by atoms with van der Waals surface area (Å²) in [6.45, 7) is 0.301. The van der Waals surface area contributed by atoms with Crippen LogP contribution in [0.15, 0.2) is 41.0 Å². The van der Waals surface area contributed by atoms with E-state index in [4.69, 9.17) is 16.0 Å². The van der Waals surface area contributed by atoms with Crippen molar-refractivity contribution >= 4 is 23.2 Å². The molecule has 1 aromatic carbocycles. The van der Waals surface area contributed by atoms with Crippen molar-refractivity contribution in [3.05, 3.63) is 63.1 Å². The molecule has 2 rings (SSSR count). The van der Waals surface area contributed by atoms with Crippen LogP contribution >= 0.6 is 11.6 Å². The van der Waals surface area contributed by atoms with Gasteiger partial charge in [0.15, 0.2) is 0 Å². The summed E-state index contributed by atoms with van der Waals surface area (Å²) in [4.78, 5) is 24.4. The molecule has 0 radical (unpaired) electrons. The molecular weight excluding hydrogens is 322 g/mol. The van der Waals surface area contributed by atoms with E-state index in [1.54, 1.807) is 12.3 Å². The van der Waals surface area contributed by atoms with E-state index in [9.17, 15) is 14.9 Å². The van der Waals surface area contributed by atoms with Crippen LogP contribution in [0.2, 0.25) is 5.02 Å². The lowest BCUT2D eigenvalue weighted by atomic mass is 10.1. The Morgan fingerprint density at radius 3 is 2.74 bits per heavy atom. The third-order valence-corrected chi connectivity index (χ3v) is 3.68. The van der Waals surface area contributed by atoms with Gasteiger partial charge in [0.1, 0.15) is 10.8 Å². The van der Waals surface area contributed by atoms with E-state index in [0.717, 1.165) is 11.8 Å². The molecule has 0 aliphatic carbocycles. The number of hydrogen-bond acceptors (Lipinski definition) is 5. The van der Waals surface area contributed by atoms with Crippen LogP contribution in [-0.4, -0.2) is 36.4 Å². The van der Waals surface area contributed by atoms with Gasteiger partial charge in [-0.25, -0.2) is 0 Å². The molecule has 0 fully saturated rings. The second kappa shape index (κ2) is 7.26. The van der Waals surface area contributed by atoms with Gasteiger partial charge >= 0.3 is 0 Å². The Morgan fingerprint density at radius 2 is 2.17 bits per heavy atom. The number of benzene rings is 1. The van der Waals surface area contributed by atoms with Crippen molar-refractivity contribution in [2.24, 2.45) is 0 Å². The Morgan fingerprint density at radius 1 is 1.43 bits per heavy atom. The molecule has 1 unspecified atom stereocenters. The predicted molar refractivity (Wildman–Crippen MR) is 85.6 cm³/mol. The van der Waals surface area contributed by atoms with E-state index in [-0.39, 0.29) is 22.3 Å². The van der Waals surface area contributed by atoms with Crippen LogP contribution in [0.3, 0.4) is 0 Å². The summed E-state index contributed by atoms with van der Waals surface area (Å²) >= 11 is 5.74. The number of halogens is 1.